The average molecular weight is 382 g/mol. The molecule has 2 aromatic rings. The number of ether oxygens (including phenoxy) is 2. The van der Waals surface area contributed by atoms with Crippen LogP contribution in [0.15, 0.2) is 54.6 Å². The molecule has 2 N–H and O–H groups in total. The number of amides is 2. The lowest BCUT2D eigenvalue weighted by molar-refractivity contribution is -0.127. The summed E-state index contributed by atoms with van der Waals surface area (Å²) in [6.45, 7) is 3.32. The molecular weight excluding hydrogens is 356 g/mol. The molecule has 6 heteroatoms. The van der Waals surface area contributed by atoms with Gasteiger partial charge in [0.1, 0.15) is 5.75 Å². The molecule has 28 heavy (non-hydrogen) atoms. The minimum Gasteiger partial charge on any atom is -0.480 e. The van der Waals surface area contributed by atoms with E-state index in [1.54, 1.807) is 31.2 Å². The van der Waals surface area contributed by atoms with Gasteiger partial charge in [0.2, 0.25) is 0 Å². The van der Waals surface area contributed by atoms with Crippen LogP contribution in [0.2, 0.25) is 0 Å². The van der Waals surface area contributed by atoms with Crippen LogP contribution in [0.5, 0.6) is 5.75 Å². The number of nitrogens with one attached hydrogen (secondary N) is 2. The van der Waals surface area contributed by atoms with Crippen molar-refractivity contribution < 1.29 is 19.1 Å². The number of hydrogen-bond acceptors (Lipinski definition) is 4. The molecule has 1 fully saturated rings. The summed E-state index contributed by atoms with van der Waals surface area (Å²) < 4.78 is 11.3. The van der Waals surface area contributed by atoms with E-state index in [1.165, 1.54) is 0 Å². The van der Waals surface area contributed by atoms with Gasteiger partial charge in [0, 0.05) is 19.7 Å². The Kier molecular flexibility index (Phi) is 7.03. The van der Waals surface area contributed by atoms with Gasteiger partial charge in [0.15, 0.2) is 6.10 Å². The summed E-state index contributed by atoms with van der Waals surface area (Å²) in [5.41, 5.74) is 1.41. The van der Waals surface area contributed by atoms with Crippen LogP contribution in [0.4, 0.5) is 0 Å². The van der Waals surface area contributed by atoms with Crippen molar-refractivity contribution >= 4 is 11.8 Å². The minimum absolute atomic E-state index is 0.0761. The molecule has 6 nitrogen and oxygen atoms in total. The van der Waals surface area contributed by atoms with Crippen LogP contribution in [0.3, 0.4) is 0 Å². The molecule has 1 heterocycles. The maximum atomic E-state index is 12.6. The summed E-state index contributed by atoms with van der Waals surface area (Å²) in [6, 6.07) is 16.6. The second-order valence-electron chi connectivity index (χ2n) is 6.80. The Balaban J connectivity index is 1.56. The first-order valence-corrected chi connectivity index (χ1v) is 9.60. The Morgan fingerprint density at radius 3 is 2.61 bits per heavy atom. The topological polar surface area (TPSA) is 76.7 Å². The van der Waals surface area contributed by atoms with Gasteiger partial charge in [0.25, 0.3) is 11.8 Å². The molecule has 0 aromatic heterocycles. The van der Waals surface area contributed by atoms with Crippen LogP contribution in [-0.4, -0.2) is 37.2 Å². The highest BCUT2D eigenvalue weighted by Gasteiger charge is 2.21. The number of benzene rings is 2. The molecule has 0 aliphatic carbocycles. The second kappa shape index (κ2) is 9.90. The Morgan fingerprint density at radius 2 is 1.86 bits per heavy atom. The lowest BCUT2D eigenvalue weighted by Crippen LogP contribution is -2.40. The van der Waals surface area contributed by atoms with Crippen molar-refractivity contribution in [1.82, 2.24) is 10.6 Å². The SMILES string of the molecule is C[C@H](Oc1ccccc1C(=O)NCc1ccccc1)C(=O)NC[C@@H]1CCCO1. The van der Waals surface area contributed by atoms with Gasteiger partial charge in [-0.2, -0.15) is 0 Å². The highest BCUT2D eigenvalue weighted by atomic mass is 16.5. The molecule has 3 rings (SSSR count). The van der Waals surface area contributed by atoms with Crippen LogP contribution >= 0.6 is 0 Å². The van der Waals surface area contributed by atoms with Crippen LogP contribution in [-0.2, 0) is 16.1 Å². The van der Waals surface area contributed by atoms with Crippen LogP contribution in [0.1, 0.15) is 35.7 Å². The summed E-state index contributed by atoms with van der Waals surface area (Å²) in [6.07, 6.45) is 1.34. The first kappa shape index (κ1) is 19.9. The predicted octanol–water partition coefficient (Wildman–Crippen LogP) is 2.68. The van der Waals surface area contributed by atoms with Gasteiger partial charge in [-0.3, -0.25) is 9.59 Å². The predicted molar refractivity (Wildman–Crippen MR) is 106 cm³/mol. The van der Waals surface area contributed by atoms with E-state index in [0.717, 1.165) is 25.0 Å². The summed E-state index contributed by atoms with van der Waals surface area (Å²) in [7, 11) is 0. The Labute approximate surface area is 165 Å². The zero-order chi connectivity index (χ0) is 19.8. The van der Waals surface area contributed by atoms with Crippen LogP contribution < -0.4 is 15.4 Å². The monoisotopic (exact) mass is 382 g/mol. The summed E-state index contributed by atoms with van der Waals surface area (Å²) in [5, 5.41) is 5.73. The van der Waals surface area contributed by atoms with Crippen molar-refractivity contribution in [2.75, 3.05) is 13.2 Å². The first-order valence-electron chi connectivity index (χ1n) is 9.60. The van der Waals surface area contributed by atoms with Gasteiger partial charge in [-0.15, -0.1) is 0 Å². The molecule has 2 amide bonds. The zero-order valence-corrected chi connectivity index (χ0v) is 16.0. The third kappa shape index (κ3) is 5.57. The van der Waals surface area contributed by atoms with E-state index in [1.807, 2.05) is 30.3 Å². The summed E-state index contributed by atoms with van der Waals surface area (Å²) in [4.78, 5) is 24.9. The van der Waals surface area contributed by atoms with E-state index in [0.29, 0.717) is 24.4 Å². The third-order valence-corrected chi connectivity index (χ3v) is 4.63. The Morgan fingerprint density at radius 1 is 1.11 bits per heavy atom. The van der Waals surface area contributed by atoms with Crippen molar-refractivity contribution in [2.45, 2.75) is 38.5 Å². The molecular formula is C22H26N2O4. The van der Waals surface area contributed by atoms with E-state index in [-0.39, 0.29) is 17.9 Å². The van der Waals surface area contributed by atoms with Crippen molar-refractivity contribution in [2.24, 2.45) is 0 Å². The fourth-order valence-corrected chi connectivity index (χ4v) is 3.04. The lowest BCUT2D eigenvalue weighted by Gasteiger charge is -2.18. The maximum absolute atomic E-state index is 12.6. The number of rotatable bonds is 8. The maximum Gasteiger partial charge on any atom is 0.260 e. The van der Waals surface area contributed by atoms with Crippen molar-refractivity contribution in [3.05, 3.63) is 65.7 Å². The summed E-state index contributed by atoms with van der Waals surface area (Å²) >= 11 is 0. The number of hydrogen-bond donors (Lipinski definition) is 2. The molecule has 0 bridgehead atoms. The molecule has 0 spiro atoms. The van der Waals surface area contributed by atoms with Crippen LogP contribution in [0.25, 0.3) is 0 Å². The third-order valence-electron chi connectivity index (χ3n) is 4.63. The van der Waals surface area contributed by atoms with E-state index in [9.17, 15) is 9.59 Å². The smallest absolute Gasteiger partial charge is 0.260 e. The van der Waals surface area contributed by atoms with Crippen molar-refractivity contribution in [1.29, 1.82) is 0 Å². The fourth-order valence-electron chi connectivity index (χ4n) is 3.04. The molecule has 0 unspecified atom stereocenters. The molecule has 1 saturated heterocycles. The molecule has 1 aliphatic heterocycles. The second-order valence-corrected chi connectivity index (χ2v) is 6.80. The number of carbonyl (C=O) groups is 2. The normalized spacial score (nSPS) is 17.0. The Bertz CT molecular complexity index is 788. The molecule has 1 aliphatic rings. The van der Waals surface area contributed by atoms with E-state index >= 15 is 0 Å². The van der Waals surface area contributed by atoms with Crippen molar-refractivity contribution in [3.8, 4) is 5.75 Å². The minimum atomic E-state index is -0.718. The van der Waals surface area contributed by atoms with Gasteiger partial charge < -0.3 is 20.1 Å². The average Bonchev–Trinajstić information content (AvgIpc) is 3.25. The van der Waals surface area contributed by atoms with Crippen molar-refractivity contribution in [3.63, 3.8) is 0 Å². The number of para-hydroxylation sites is 1. The van der Waals surface area contributed by atoms with E-state index in [4.69, 9.17) is 9.47 Å². The van der Waals surface area contributed by atoms with E-state index < -0.39 is 6.10 Å². The Hall–Kier alpha value is -2.86. The quantitative estimate of drug-likeness (QED) is 0.736. The van der Waals surface area contributed by atoms with Crippen LogP contribution in [0, 0.1) is 0 Å². The molecule has 2 aromatic carbocycles. The van der Waals surface area contributed by atoms with Gasteiger partial charge in [-0.1, -0.05) is 42.5 Å². The highest BCUT2D eigenvalue weighted by molar-refractivity contribution is 5.97. The molecule has 148 valence electrons. The zero-order valence-electron chi connectivity index (χ0n) is 16.0. The van der Waals surface area contributed by atoms with Gasteiger partial charge in [-0.25, -0.2) is 0 Å². The molecule has 0 radical (unpaired) electrons. The van der Waals surface area contributed by atoms with Gasteiger partial charge >= 0.3 is 0 Å². The highest BCUT2D eigenvalue weighted by Crippen LogP contribution is 2.20. The lowest BCUT2D eigenvalue weighted by atomic mass is 10.1. The fraction of sp³-hybridized carbons (Fsp3) is 0.364. The molecule has 2 atom stereocenters. The summed E-state index contributed by atoms with van der Waals surface area (Å²) in [5.74, 6) is -0.0887. The van der Waals surface area contributed by atoms with E-state index in [2.05, 4.69) is 10.6 Å². The van der Waals surface area contributed by atoms with Gasteiger partial charge in [0.05, 0.1) is 11.7 Å². The standard InChI is InChI=1S/C22H26N2O4/c1-16(21(25)24-15-18-10-7-13-27-18)28-20-12-6-5-11-19(20)22(26)23-14-17-8-3-2-4-9-17/h2-6,8-9,11-12,16,18H,7,10,13-15H2,1H3,(H,23,26)(H,24,25)/t16-,18-/m0/s1. The van der Waals surface area contributed by atoms with Gasteiger partial charge in [-0.05, 0) is 37.5 Å². The largest absolute Gasteiger partial charge is 0.480 e. The first-order chi connectivity index (χ1) is 13.6. The molecule has 0 saturated carbocycles. The number of carbonyl (C=O) groups excluding carboxylic acids is 2.